The molecule has 3 heterocycles. The molecule has 8 nitrogen and oxygen atoms in total. The van der Waals surface area contributed by atoms with Crippen LogP contribution in [0.1, 0.15) is 25.5 Å². The quantitative estimate of drug-likeness (QED) is 0.590. The van der Waals surface area contributed by atoms with Gasteiger partial charge in [-0.15, -0.1) is 5.10 Å². The number of aryl methyl sites for hydroxylation is 2. The van der Waals surface area contributed by atoms with Gasteiger partial charge in [0.2, 0.25) is 5.95 Å². The Morgan fingerprint density at radius 2 is 1.97 bits per heavy atom. The third kappa shape index (κ3) is 4.09. The molecule has 1 N–H and O–H groups in total. The van der Waals surface area contributed by atoms with Crippen molar-refractivity contribution in [3.63, 3.8) is 0 Å². The SMILES string of the molecule is CCn1nc(NC2[C@@H]3CC[C@H]2CN(c2cc(C)ncn2)C3)nc1Oc1ccc(F)c(Cl)c1. The molecule has 10 heteroatoms. The summed E-state index contributed by atoms with van der Waals surface area (Å²) in [5.74, 6) is 2.43. The van der Waals surface area contributed by atoms with Crippen LogP contribution in [0.2, 0.25) is 5.02 Å². The van der Waals surface area contributed by atoms with Crippen LogP contribution in [0.15, 0.2) is 30.6 Å². The average Bonchev–Trinajstić information content (AvgIpc) is 3.25. The Morgan fingerprint density at radius 1 is 1.19 bits per heavy atom. The maximum atomic E-state index is 13.4. The first kappa shape index (κ1) is 20.9. The van der Waals surface area contributed by atoms with Crippen molar-refractivity contribution < 1.29 is 9.13 Å². The lowest BCUT2D eigenvalue weighted by molar-refractivity contribution is 0.374. The monoisotopic (exact) mass is 457 g/mol. The minimum atomic E-state index is -0.489. The summed E-state index contributed by atoms with van der Waals surface area (Å²) in [6.45, 7) is 6.43. The van der Waals surface area contributed by atoms with Crippen molar-refractivity contribution in [2.75, 3.05) is 23.3 Å². The number of aromatic nitrogens is 5. The number of nitrogens with zero attached hydrogens (tertiary/aromatic N) is 6. The molecule has 3 atom stereocenters. The summed E-state index contributed by atoms with van der Waals surface area (Å²) in [7, 11) is 0. The van der Waals surface area contributed by atoms with Gasteiger partial charge in [-0.2, -0.15) is 4.98 Å². The Morgan fingerprint density at radius 3 is 2.66 bits per heavy atom. The standard InChI is InChI=1S/C22H25ClFN7O/c1-3-31-22(32-16-6-7-18(24)17(23)9-16)28-21(29-31)27-20-14-4-5-15(20)11-30(10-14)19-8-13(2)25-12-26-19/h6-9,12,14-15,20H,3-5,10-11H2,1-2H3,(H,27,29)/t14-,15+,20?. The molecule has 1 aliphatic heterocycles. The van der Waals surface area contributed by atoms with Crippen molar-refractivity contribution in [1.82, 2.24) is 24.7 Å². The minimum absolute atomic E-state index is 0.00521. The Kier molecular flexibility index (Phi) is 5.58. The molecule has 1 saturated heterocycles. The molecule has 2 bridgehead atoms. The summed E-state index contributed by atoms with van der Waals surface area (Å²) < 4.78 is 21.0. The summed E-state index contributed by atoms with van der Waals surface area (Å²) in [5.41, 5.74) is 0.979. The number of hydrogen-bond acceptors (Lipinski definition) is 7. The molecule has 0 amide bonds. The molecule has 1 saturated carbocycles. The lowest BCUT2D eigenvalue weighted by Crippen LogP contribution is -2.48. The van der Waals surface area contributed by atoms with Gasteiger partial charge in [-0.25, -0.2) is 19.0 Å². The molecule has 2 aromatic heterocycles. The van der Waals surface area contributed by atoms with Crippen molar-refractivity contribution in [1.29, 1.82) is 0 Å². The fourth-order valence-corrected chi connectivity index (χ4v) is 4.89. The van der Waals surface area contributed by atoms with Crippen LogP contribution in [0, 0.1) is 24.6 Å². The zero-order valence-corrected chi connectivity index (χ0v) is 18.8. The number of piperidine rings is 1. The lowest BCUT2D eigenvalue weighted by atomic mass is 9.92. The third-order valence-electron chi connectivity index (χ3n) is 6.28. The minimum Gasteiger partial charge on any atom is -0.424 e. The predicted molar refractivity (Wildman–Crippen MR) is 120 cm³/mol. The van der Waals surface area contributed by atoms with Crippen LogP contribution in [0.5, 0.6) is 11.8 Å². The van der Waals surface area contributed by atoms with E-state index < -0.39 is 5.82 Å². The van der Waals surface area contributed by atoms with E-state index in [9.17, 15) is 4.39 Å². The van der Waals surface area contributed by atoms with Crippen molar-refractivity contribution in [2.45, 2.75) is 39.3 Å². The molecule has 5 rings (SSSR count). The second-order valence-corrected chi connectivity index (χ2v) is 8.81. The third-order valence-corrected chi connectivity index (χ3v) is 6.57. The molecule has 3 aromatic rings. The number of rotatable bonds is 6. The first-order valence-corrected chi connectivity index (χ1v) is 11.3. The van der Waals surface area contributed by atoms with Gasteiger partial charge in [-0.1, -0.05) is 11.6 Å². The Bertz CT molecular complexity index is 1110. The van der Waals surface area contributed by atoms with E-state index in [4.69, 9.17) is 16.3 Å². The Labute approximate surface area is 190 Å². The summed E-state index contributed by atoms with van der Waals surface area (Å²) in [6.07, 6.45) is 3.96. The van der Waals surface area contributed by atoms with E-state index in [1.54, 1.807) is 11.0 Å². The van der Waals surface area contributed by atoms with Crippen LogP contribution in [0.3, 0.4) is 0 Å². The van der Waals surface area contributed by atoms with Gasteiger partial charge >= 0.3 is 6.01 Å². The van der Waals surface area contributed by atoms with E-state index in [1.165, 1.54) is 18.2 Å². The zero-order chi connectivity index (χ0) is 22.2. The zero-order valence-electron chi connectivity index (χ0n) is 18.0. The van der Waals surface area contributed by atoms with Gasteiger partial charge in [0.1, 0.15) is 23.7 Å². The molecule has 32 heavy (non-hydrogen) atoms. The van der Waals surface area contributed by atoms with Crippen LogP contribution in [-0.2, 0) is 6.54 Å². The van der Waals surface area contributed by atoms with E-state index in [1.807, 2.05) is 19.9 Å². The molecule has 168 valence electrons. The van der Waals surface area contributed by atoms with Gasteiger partial charge in [-0.05, 0) is 50.7 Å². The van der Waals surface area contributed by atoms with Crippen LogP contribution >= 0.6 is 11.6 Å². The maximum absolute atomic E-state index is 13.4. The van der Waals surface area contributed by atoms with Crippen LogP contribution in [0.25, 0.3) is 0 Å². The molecule has 0 spiro atoms. The van der Waals surface area contributed by atoms with Gasteiger partial charge in [0.05, 0.1) is 5.02 Å². The van der Waals surface area contributed by atoms with E-state index in [-0.39, 0.29) is 5.02 Å². The van der Waals surface area contributed by atoms with E-state index in [0.29, 0.717) is 42.1 Å². The van der Waals surface area contributed by atoms with Gasteiger partial charge in [0, 0.05) is 43.5 Å². The molecule has 0 radical (unpaired) electrons. The summed E-state index contributed by atoms with van der Waals surface area (Å²) >= 11 is 5.87. The predicted octanol–water partition coefficient (Wildman–Crippen LogP) is 4.31. The Balaban J connectivity index is 1.30. The number of benzene rings is 1. The first-order valence-electron chi connectivity index (χ1n) is 10.9. The summed E-state index contributed by atoms with van der Waals surface area (Å²) in [5, 5.41) is 8.14. The van der Waals surface area contributed by atoms with Crippen LogP contribution in [0.4, 0.5) is 16.2 Å². The topological polar surface area (TPSA) is 81.0 Å². The molecule has 2 fully saturated rings. The first-order chi connectivity index (χ1) is 15.5. The molecule has 1 aromatic carbocycles. The van der Waals surface area contributed by atoms with Crippen LogP contribution in [-0.4, -0.2) is 43.9 Å². The van der Waals surface area contributed by atoms with Crippen molar-refractivity contribution in [2.24, 2.45) is 11.8 Å². The average molecular weight is 458 g/mol. The van der Waals surface area contributed by atoms with Gasteiger partial charge in [0.15, 0.2) is 0 Å². The summed E-state index contributed by atoms with van der Waals surface area (Å²) in [6, 6.07) is 6.92. The van der Waals surface area contributed by atoms with Crippen LogP contribution < -0.4 is 15.0 Å². The summed E-state index contributed by atoms with van der Waals surface area (Å²) in [4.78, 5) is 15.6. The second kappa shape index (κ2) is 8.54. The van der Waals surface area contributed by atoms with E-state index in [0.717, 1.165) is 37.4 Å². The number of hydrogen-bond donors (Lipinski definition) is 1. The molecule has 2 aliphatic rings. The number of anilines is 2. The highest BCUT2D eigenvalue weighted by Gasteiger charge is 2.43. The van der Waals surface area contributed by atoms with Gasteiger partial charge in [-0.3, -0.25) is 0 Å². The smallest absolute Gasteiger partial charge is 0.322 e. The van der Waals surface area contributed by atoms with Gasteiger partial charge in [0.25, 0.3) is 0 Å². The fourth-order valence-electron chi connectivity index (χ4n) is 4.72. The number of nitrogens with one attached hydrogen (secondary N) is 1. The Hall–Kier alpha value is -2.94. The maximum Gasteiger partial charge on any atom is 0.322 e. The molecule has 1 unspecified atom stereocenters. The van der Waals surface area contributed by atoms with E-state index in [2.05, 4.69) is 30.3 Å². The largest absolute Gasteiger partial charge is 0.424 e. The second-order valence-electron chi connectivity index (χ2n) is 8.40. The number of fused-ring (bicyclic) bond motifs is 2. The van der Waals surface area contributed by atoms with Crippen molar-refractivity contribution in [3.05, 3.63) is 47.1 Å². The fraction of sp³-hybridized carbons (Fsp3) is 0.455. The highest BCUT2D eigenvalue weighted by molar-refractivity contribution is 6.30. The van der Waals surface area contributed by atoms with E-state index >= 15 is 0 Å². The number of halogens is 2. The molecule has 1 aliphatic carbocycles. The molecular formula is C22H25ClFN7O. The number of ether oxygens (including phenoxy) is 1. The highest BCUT2D eigenvalue weighted by atomic mass is 35.5. The lowest BCUT2D eigenvalue weighted by Gasteiger charge is -2.38. The normalized spacial score (nSPS) is 22.2. The van der Waals surface area contributed by atoms with Gasteiger partial charge < -0.3 is 15.0 Å². The van der Waals surface area contributed by atoms with Crippen molar-refractivity contribution in [3.8, 4) is 11.8 Å². The highest BCUT2D eigenvalue weighted by Crippen LogP contribution is 2.40. The molecular weight excluding hydrogens is 433 g/mol. The van der Waals surface area contributed by atoms with Crippen molar-refractivity contribution >= 4 is 23.4 Å².